The van der Waals surface area contributed by atoms with Crippen LogP contribution in [0, 0.1) is 5.92 Å². The number of carbonyl (C=O) groups is 2. The number of likely N-dealkylation sites (tertiary alicyclic amines) is 1. The van der Waals surface area contributed by atoms with Gasteiger partial charge in [-0.3, -0.25) is 9.59 Å². The molecule has 1 amide bonds. The SMILES string of the molecule is CC(C)Oc1cccc(CC(=O)N2CCC[C@H](CCC(=O)O)C2)c1. The van der Waals surface area contributed by atoms with Crippen LogP contribution in [-0.2, 0) is 16.0 Å². The molecule has 1 aromatic carbocycles. The van der Waals surface area contributed by atoms with Crippen LogP contribution in [0.25, 0.3) is 0 Å². The van der Waals surface area contributed by atoms with Gasteiger partial charge in [0, 0.05) is 19.5 Å². The van der Waals surface area contributed by atoms with E-state index in [1.54, 1.807) is 0 Å². The third kappa shape index (κ3) is 5.87. The standard InChI is InChI=1S/C19H27NO4/c1-14(2)24-17-7-3-5-16(11-17)12-18(21)20-10-4-6-15(13-20)8-9-19(22)23/h3,5,7,11,14-15H,4,6,8-10,12-13H2,1-2H3,(H,22,23)/t15-/m1/s1. The van der Waals surface area contributed by atoms with E-state index in [-0.39, 0.29) is 18.4 Å². The minimum Gasteiger partial charge on any atom is -0.491 e. The zero-order chi connectivity index (χ0) is 17.5. The van der Waals surface area contributed by atoms with Crippen molar-refractivity contribution in [3.05, 3.63) is 29.8 Å². The molecule has 1 N–H and O–H groups in total. The lowest BCUT2D eigenvalue weighted by atomic mass is 9.93. The van der Waals surface area contributed by atoms with E-state index in [4.69, 9.17) is 9.84 Å². The van der Waals surface area contributed by atoms with Gasteiger partial charge in [-0.15, -0.1) is 0 Å². The van der Waals surface area contributed by atoms with Gasteiger partial charge in [-0.25, -0.2) is 0 Å². The molecule has 1 fully saturated rings. The van der Waals surface area contributed by atoms with Crippen molar-refractivity contribution in [1.82, 2.24) is 4.90 Å². The van der Waals surface area contributed by atoms with Crippen molar-refractivity contribution in [2.75, 3.05) is 13.1 Å². The Kier molecular flexibility index (Phi) is 6.64. The first-order chi connectivity index (χ1) is 11.4. The van der Waals surface area contributed by atoms with Crippen LogP contribution in [0.15, 0.2) is 24.3 Å². The minimum absolute atomic E-state index is 0.105. The Morgan fingerprint density at radius 3 is 2.88 bits per heavy atom. The number of hydrogen-bond acceptors (Lipinski definition) is 3. The summed E-state index contributed by atoms with van der Waals surface area (Å²) < 4.78 is 5.67. The number of nitrogens with zero attached hydrogens (tertiary/aromatic N) is 1. The molecule has 2 rings (SSSR count). The van der Waals surface area contributed by atoms with E-state index in [2.05, 4.69) is 0 Å². The average Bonchev–Trinajstić information content (AvgIpc) is 2.53. The van der Waals surface area contributed by atoms with Crippen molar-refractivity contribution in [3.63, 3.8) is 0 Å². The van der Waals surface area contributed by atoms with Gasteiger partial charge < -0.3 is 14.7 Å². The van der Waals surface area contributed by atoms with Crippen LogP contribution in [0.5, 0.6) is 5.75 Å². The van der Waals surface area contributed by atoms with Crippen LogP contribution in [0.2, 0.25) is 0 Å². The number of amides is 1. The van der Waals surface area contributed by atoms with Crippen LogP contribution < -0.4 is 4.74 Å². The summed E-state index contributed by atoms with van der Waals surface area (Å²) in [5.41, 5.74) is 0.950. The van der Waals surface area contributed by atoms with Gasteiger partial charge in [0.25, 0.3) is 0 Å². The molecule has 0 saturated carbocycles. The van der Waals surface area contributed by atoms with Crippen molar-refractivity contribution >= 4 is 11.9 Å². The summed E-state index contributed by atoms with van der Waals surface area (Å²) in [6, 6.07) is 7.67. The molecule has 0 aromatic heterocycles. The number of hydrogen-bond donors (Lipinski definition) is 1. The zero-order valence-corrected chi connectivity index (χ0v) is 14.5. The lowest BCUT2D eigenvalue weighted by molar-refractivity contribution is -0.137. The maximum Gasteiger partial charge on any atom is 0.303 e. The number of carboxylic acids is 1. The number of ether oxygens (including phenoxy) is 1. The number of aliphatic carboxylic acids is 1. The van der Waals surface area contributed by atoms with Crippen molar-refractivity contribution < 1.29 is 19.4 Å². The monoisotopic (exact) mass is 333 g/mol. The topological polar surface area (TPSA) is 66.8 Å². The van der Waals surface area contributed by atoms with E-state index in [0.29, 0.717) is 25.3 Å². The molecule has 132 valence electrons. The van der Waals surface area contributed by atoms with Crippen molar-refractivity contribution in [3.8, 4) is 5.75 Å². The van der Waals surface area contributed by atoms with Gasteiger partial charge in [0.15, 0.2) is 0 Å². The van der Waals surface area contributed by atoms with Gasteiger partial charge in [-0.2, -0.15) is 0 Å². The van der Waals surface area contributed by atoms with Crippen molar-refractivity contribution in [2.24, 2.45) is 5.92 Å². The van der Waals surface area contributed by atoms with Gasteiger partial charge >= 0.3 is 5.97 Å². The van der Waals surface area contributed by atoms with Crippen LogP contribution in [-0.4, -0.2) is 41.1 Å². The Hall–Kier alpha value is -2.04. The first kappa shape index (κ1) is 18.3. The molecule has 0 unspecified atom stereocenters. The molecule has 0 aliphatic carbocycles. The third-order valence-electron chi connectivity index (χ3n) is 4.26. The second kappa shape index (κ2) is 8.71. The van der Waals surface area contributed by atoms with Gasteiger partial charge in [-0.1, -0.05) is 12.1 Å². The lowest BCUT2D eigenvalue weighted by Gasteiger charge is -2.32. The van der Waals surface area contributed by atoms with Gasteiger partial charge in [0.05, 0.1) is 12.5 Å². The fraction of sp³-hybridized carbons (Fsp3) is 0.579. The van der Waals surface area contributed by atoms with Gasteiger partial charge in [0.1, 0.15) is 5.75 Å². The molecular weight excluding hydrogens is 306 g/mol. The number of carbonyl (C=O) groups excluding carboxylic acids is 1. The molecule has 1 aliphatic rings. The zero-order valence-electron chi connectivity index (χ0n) is 14.5. The molecule has 5 nitrogen and oxygen atoms in total. The molecule has 0 bridgehead atoms. The molecular formula is C19H27NO4. The van der Waals surface area contributed by atoms with Crippen LogP contribution in [0.4, 0.5) is 0 Å². The first-order valence-corrected chi connectivity index (χ1v) is 8.69. The molecule has 1 atom stereocenters. The predicted molar refractivity (Wildman–Crippen MR) is 92.1 cm³/mol. The third-order valence-corrected chi connectivity index (χ3v) is 4.26. The Morgan fingerprint density at radius 1 is 1.38 bits per heavy atom. The van der Waals surface area contributed by atoms with Gasteiger partial charge in [-0.05, 0) is 56.7 Å². The minimum atomic E-state index is -0.764. The summed E-state index contributed by atoms with van der Waals surface area (Å²) in [5, 5.41) is 8.81. The Labute approximate surface area is 143 Å². The molecule has 24 heavy (non-hydrogen) atoms. The highest BCUT2D eigenvalue weighted by molar-refractivity contribution is 5.79. The normalized spacial score (nSPS) is 17.8. The lowest BCUT2D eigenvalue weighted by Crippen LogP contribution is -2.40. The maximum absolute atomic E-state index is 12.6. The summed E-state index contributed by atoms with van der Waals surface area (Å²) in [6.45, 7) is 5.39. The summed E-state index contributed by atoms with van der Waals surface area (Å²) in [6.07, 6.45) is 3.26. The molecule has 0 radical (unpaired) electrons. The summed E-state index contributed by atoms with van der Waals surface area (Å²) >= 11 is 0. The predicted octanol–water partition coefficient (Wildman–Crippen LogP) is 3.12. The molecule has 1 saturated heterocycles. The molecule has 5 heteroatoms. The summed E-state index contributed by atoms with van der Waals surface area (Å²) in [4.78, 5) is 25.1. The van der Waals surface area contributed by atoms with E-state index in [9.17, 15) is 9.59 Å². The number of benzene rings is 1. The maximum atomic E-state index is 12.6. The number of piperidine rings is 1. The Balaban J connectivity index is 1.90. The van der Waals surface area contributed by atoms with Crippen molar-refractivity contribution in [2.45, 2.75) is 52.1 Å². The fourth-order valence-electron chi connectivity index (χ4n) is 3.14. The molecule has 0 spiro atoms. The molecule has 1 aliphatic heterocycles. The van der Waals surface area contributed by atoms with E-state index in [1.165, 1.54) is 0 Å². The summed E-state index contributed by atoms with van der Waals surface area (Å²) in [5.74, 6) is 0.430. The largest absolute Gasteiger partial charge is 0.491 e. The molecule has 1 aromatic rings. The fourth-order valence-corrected chi connectivity index (χ4v) is 3.14. The van der Waals surface area contributed by atoms with Gasteiger partial charge in [0.2, 0.25) is 5.91 Å². The van der Waals surface area contributed by atoms with Crippen LogP contribution in [0.1, 0.15) is 45.1 Å². The Morgan fingerprint density at radius 2 is 2.17 bits per heavy atom. The van der Waals surface area contributed by atoms with E-state index in [1.807, 2.05) is 43.0 Å². The van der Waals surface area contributed by atoms with E-state index >= 15 is 0 Å². The van der Waals surface area contributed by atoms with Crippen molar-refractivity contribution in [1.29, 1.82) is 0 Å². The first-order valence-electron chi connectivity index (χ1n) is 8.69. The van der Waals surface area contributed by atoms with Crippen LogP contribution >= 0.6 is 0 Å². The number of rotatable bonds is 7. The number of carboxylic acid groups (broad SMARTS) is 1. The highest BCUT2D eigenvalue weighted by atomic mass is 16.5. The van der Waals surface area contributed by atoms with E-state index < -0.39 is 5.97 Å². The second-order valence-corrected chi connectivity index (χ2v) is 6.77. The highest BCUT2D eigenvalue weighted by Crippen LogP contribution is 2.22. The smallest absolute Gasteiger partial charge is 0.303 e. The quantitative estimate of drug-likeness (QED) is 0.832. The Bertz CT molecular complexity index is 570. The second-order valence-electron chi connectivity index (χ2n) is 6.77. The molecule has 1 heterocycles. The van der Waals surface area contributed by atoms with Crippen LogP contribution in [0.3, 0.4) is 0 Å². The average molecular weight is 333 g/mol. The highest BCUT2D eigenvalue weighted by Gasteiger charge is 2.24. The van der Waals surface area contributed by atoms with E-state index in [0.717, 1.165) is 30.7 Å². The summed E-state index contributed by atoms with van der Waals surface area (Å²) in [7, 11) is 0.